The van der Waals surface area contributed by atoms with Gasteiger partial charge in [-0.05, 0) is 49.1 Å². The average Bonchev–Trinajstić information content (AvgIpc) is 2.97. The molecule has 0 unspecified atom stereocenters. The lowest BCUT2D eigenvalue weighted by molar-refractivity contribution is -0.141. The van der Waals surface area contributed by atoms with Gasteiger partial charge in [-0.2, -0.15) is 0 Å². The van der Waals surface area contributed by atoms with Crippen LogP contribution in [0.1, 0.15) is 43.9 Å². The van der Waals surface area contributed by atoms with Crippen molar-refractivity contribution >= 4 is 23.4 Å². The third-order valence-corrected chi connectivity index (χ3v) is 8.25. The maximum absolute atomic E-state index is 13.9. The highest BCUT2D eigenvalue weighted by Gasteiger charge is 2.34. The number of nitrogens with zero attached hydrogens (tertiary/aromatic N) is 4. The van der Waals surface area contributed by atoms with E-state index < -0.39 is 12.1 Å². The first-order chi connectivity index (χ1) is 19.2. The summed E-state index contributed by atoms with van der Waals surface area (Å²) in [5.41, 5.74) is 7.93. The van der Waals surface area contributed by atoms with Gasteiger partial charge in [0.15, 0.2) is 0 Å². The maximum Gasteiger partial charge on any atom is 0.245 e. The molecule has 2 aromatic rings. The van der Waals surface area contributed by atoms with Crippen LogP contribution in [-0.2, 0) is 16.0 Å². The highest BCUT2D eigenvalue weighted by atomic mass is 35.5. The van der Waals surface area contributed by atoms with E-state index in [1.807, 2.05) is 59.5 Å². The molecular formula is C31H45ClN6O2. The van der Waals surface area contributed by atoms with Crippen molar-refractivity contribution in [2.75, 3.05) is 52.9 Å². The molecule has 2 atom stereocenters. The van der Waals surface area contributed by atoms with Crippen molar-refractivity contribution in [2.45, 2.75) is 51.2 Å². The van der Waals surface area contributed by atoms with Crippen LogP contribution in [0, 0.1) is 5.92 Å². The minimum Gasteiger partial charge on any atom is -0.342 e. The molecule has 8 nitrogen and oxygen atoms in total. The van der Waals surface area contributed by atoms with Gasteiger partial charge in [-0.25, -0.2) is 10.0 Å². The largest absolute Gasteiger partial charge is 0.342 e. The second-order valence-corrected chi connectivity index (χ2v) is 12.0. The fourth-order valence-electron chi connectivity index (χ4n) is 5.66. The lowest BCUT2D eigenvalue weighted by atomic mass is 9.99. The number of rotatable bonds is 10. The van der Waals surface area contributed by atoms with Crippen LogP contribution in [-0.4, -0.2) is 96.6 Å². The molecule has 2 aliphatic heterocycles. The molecule has 0 bridgehead atoms. The zero-order valence-electron chi connectivity index (χ0n) is 24.1. The lowest BCUT2D eigenvalue weighted by Crippen LogP contribution is -2.60. The van der Waals surface area contributed by atoms with E-state index in [0.29, 0.717) is 42.1 Å². The minimum atomic E-state index is -0.847. The van der Waals surface area contributed by atoms with Gasteiger partial charge in [-0.15, -0.1) is 0 Å². The number of amides is 2. The van der Waals surface area contributed by atoms with Gasteiger partial charge < -0.3 is 20.9 Å². The molecule has 0 saturated carbocycles. The van der Waals surface area contributed by atoms with Crippen molar-refractivity contribution in [1.29, 1.82) is 0 Å². The molecule has 3 N–H and O–H groups in total. The Balaban J connectivity index is 1.43. The SMILES string of the molecule is CC(C)CN(C1CCN(C(=O)[C@@H](Cc2ccc(Cl)cc2)NC(=O)[C@H](N)c2ccccc2)CC1)N1CCN(C)CC1. The first-order valence-corrected chi connectivity index (χ1v) is 14.9. The molecule has 218 valence electrons. The molecule has 4 rings (SSSR count). The third-order valence-electron chi connectivity index (χ3n) is 8.00. The number of likely N-dealkylation sites (N-methyl/N-ethyl adjacent to an activating group) is 1. The Kier molecular flexibility index (Phi) is 11.0. The van der Waals surface area contributed by atoms with Gasteiger partial charge in [-0.1, -0.05) is 67.9 Å². The summed E-state index contributed by atoms with van der Waals surface area (Å²) in [7, 11) is 2.18. The van der Waals surface area contributed by atoms with Crippen molar-refractivity contribution in [1.82, 2.24) is 25.1 Å². The maximum atomic E-state index is 13.9. The van der Waals surface area contributed by atoms with Crippen LogP contribution in [0.25, 0.3) is 0 Å². The number of nitrogens with one attached hydrogen (secondary N) is 1. The molecule has 0 spiro atoms. The number of piperazine rings is 1. The lowest BCUT2D eigenvalue weighted by Gasteiger charge is -2.47. The van der Waals surface area contributed by atoms with Crippen LogP contribution in [0.3, 0.4) is 0 Å². The monoisotopic (exact) mass is 568 g/mol. The summed E-state index contributed by atoms with van der Waals surface area (Å²) in [4.78, 5) is 31.4. The Labute approximate surface area is 244 Å². The van der Waals surface area contributed by atoms with Crippen LogP contribution in [0.5, 0.6) is 0 Å². The number of piperidine rings is 1. The summed E-state index contributed by atoms with van der Waals surface area (Å²) < 4.78 is 0. The van der Waals surface area contributed by atoms with E-state index in [1.54, 1.807) is 0 Å². The van der Waals surface area contributed by atoms with E-state index in [9.17, 15) is 9.59 Å². The zero-order valence-corrected chi connectivity index (χ0v) is 24.9. The molecule has 0 radical (unpaired) electrons. The summed E-state index contributed by atoms with van der Waals surface area (Å²) >= 11 is 6.09. The van der Waals surface area contributed by atoms with Crippen molar-refractivity contribution < 1.29 is 9.59 Å². The summed E-state index contributed by atoms with van der Waals surface area (Å²) in [5.74, 6) is 0.149. The van der Waals surface area contributed by atoms with Gasteiger partial charge >= 0.3 is 0 Å². The number of hydrogen-bond donors (Lipinski definition) is 2. The summed E-state index contributed by atoms with van der Waals surface area (Å²) in [6.07, 6.45) is 2.20. The molecule has 2 aromatic carbocycles. The van der Waals surface area contributed by atoms with Crippen molar-refractivity contribution in [2.24, 2.45) is 11.7 Å². The molecule has 2 fully saturated rings. The fourth-order valence-corrected chi connectivity index (χ4v) is 5.78. The van der Waals surface area contributed by atoms with E-state index in [2.05, 4.69) is 41.1 Å². The van der Waals surface area contributed by atoms with Crippen LogP contribution < -0.4 is 11.1 Å². The number of hydrazine groups is 1. The number of halogens is 1. The zero-order chi connectivity index (χ0) is 28.6. The second-order valence-electron chi connectivity index (χ2n) is 11.6. The van der Waals surface area contributed by atoms with E-state index in [-0.39, 0.29) is 11.8 Å². The van der Waals surface area contributed by atoms with E-state index in [4.69, 9.17) is 17.3 Å². The Morgan fingerprint density at radius 3 is 2.20 bits per heavy atom. The minimum absolute atomic E-state index is 0.0583. The molecule has 2 heterocycles. The molecule has 2 amide bonds. The summed E-state index contributed by atoms with van der Waals surface area (Å²) in [5, 5.41) is 8.71. The Morgan fingerprint density at radius 2 is 1.60 bits per heavy atom. The van der Waals surface area contributed by atoms with Gasteiger partial charge in [0.25, 0.3) is 0 Å². The number of benzene rings is 2. The molecular weight excluding hydrogens is 524 g/mol. The van der Waals surface area contributed by atoms with E-state index in [1.165, 1.54) is 0 Å². The molecule has 9 heteroatoms. The van der Waals surface area contributed by atoms with Crippen LogP contribution in [0.4, 0.5) is 0 Å². The normalized spacial score (nSPS) is 19.1. The number of nitrogens with two attached hydrogens (primary N) is 1. The molecule has 40 heavy (non-hydrogen) atoms. The standard InChI is InChI=1S/C31H45ClN6O2/c1-23(2)22-38(37-19-17-35(3)18-20-37)27-13-15-36(16-14-27)31(40)28(21-24-9-11-26(32)12-10-24)34-30(39)29(33)25-7-5-4-6-8-25/h4-12,23,27-29H,13-22,33H2,1-3H3,(H,34,39)/t28-,29-/m1/s1. The van der Waals surface area contributed by atoms with Gasteiger partial charge in [0.1, 0.15) is 12.1 Å². The number of carbonyl (C=O) groups excluding carboxylic acids is 2. The highest BCUT2D eigenvalue weighted by molar-refractivity contribution is 6.30. The Hall–Kier alpha value is -2.49. The van der Waals surface area contributed by atoms with Gasteiger partial charge in [0, 0.05) is 63.3 Å². The topological polar surface area (TPSA) is 85.1 Å². The van der Waals surface area contributed by atoms with Crippen LogP contribution >= 0.6 is 11.6 Å². The van der Waals surface area contributed by atoms with Gasteiger partial charge in [0.2, 0.25) is 11.8 Å². The van der Waals surface area contributed by atoms with E-state index in [0.717, 1.165) is 51.1 Å². The first-order valence-electron chi connectivity index (χ1n) is 14.6. The van der Waals surface area contributed by atoms with Crippen LogP contribution in [0.15, 0.2) is 54.6 Å². The van der Waals surface area contributed by atoms with Crippen molar-refractivity contribution in [3.8, 4) is 0 Å². The quantitative estimate of drug-likeness (QED) is 0.458. The Bertz CT molecular complexity index is 1080. The van der Waals surface area contributed by atoms with E-state index >= 15 is 0 Å². The predicted molar refractivity (Wildman–Crippen MR) is 161 cm³/mol. The highest BCUT2D eigenvalue weighted by Crippen LogP contribution is 2.23. The number of likely N-dealkylation sites (tertiary alicyclic amines) is 1. The van der Waals surface area contributed by atoms with Crippen LogP contribution in [0.2, 0.25) is 5.02 Å². The molecule has 0 aromatic heterocycles. The second kappa shape index (κ2) is 14.4. The number of hydrogen-bond acceptors (Lipinski definition) is 6. The van der Waals surface area contributed by atoms with Crippen molar-refractivity contribution in [3.05, 3.63) is 70.7 Å². The molecule has 2 saturated heterocycles. The summed E-state index contributed by atoms with van der Waals surface area (Å²) in [6, 6.07) is 15.5. The fraction of sp³-hybridized carbons (Fsp3) is 0.548. The number of carbonyl (C=O) groups is 2. The Morgan fingerprint density at radius 1 is 0.975 bits per heavy atom. The third kappa shape index (κ3) is 8.27. The average molecular weight is 569 g/mol. The van der Waals surface area contributed by atoms with Crippen molar-refractivity contribution in [3.63, 3.8) is 0 Å². The van der Waals surface area contributed by atoms with Gasteiger partial charge in [0.05, 0.1) is 0 Å². The smallest absolute Gasteiger partial charge is 0.245 e. The predicted octanol–water partition coefficient (Wildman–Crippen LogP) is 3.18. The summed E-state index contributed by atoms with van der Waals surface area (Å²) in [6.45, 7) is 11.1. The van der Waals surface area contributed by atoms with Gasteiger partial charge in [-0.3, -0.25) is 9.59 Å². The molecule has 2 aliphatic rings. The molecule has 0 aliphatic carbocycles. The first kappa shape index (κ1) is 30.5.